The summed E-state index contributed by atoms with van der Waals surface area (Å²) in [6.07, 6.45) is 5.32. The van der Waals surface area contributed by atoms with Crippen LogP contribution in [0.2, 0.25) is 0 Å². The van der Waals surface area contributed by atoms with E-state index in [4.69, 9.17) is 0 Å². The van der Waals surface area contributed by atoms with Crippen LogP contribution in [0.4, 0.5) is 0 Å². The van der Waals surface area contributed by atoms with Gasteiger partial charge in [-0.15, -0.1) is 0 Å². The molecule has 136 valence electrons. The predicted molar refractivity (Wildman–Crippen MR) is 97.8 cm³/mol. The van der Waals surface area contributed by atoms with Gasteiger partial charge in [0, 0.05) is 32.7 Å². The molecule has 0 N–H and O–H groups in total. The van der Waals surface area contributed by atoms with Gasteiger partial charge in [-0.1, -0.05) is 30.3 Å². The molecule has 1 saturated heterocycles. The van der Waals surface area contributed by atoms with Gasteiger partial charge in [-0.3, -0.25) is 14.3 Å². The number of piperazine rings is 1. The van der Waals surface area contributed by atoms with Crippen LogP contribution >= 0.6 is 0 Å². The number of hydrogen-bond acceptors (Lipinski definition) is 3. The highest BCUT2D eigenvalue weighted by atomic mass is 16.2. The highest BCUT2D eigenvalue weighted by Gasteiger charge is 2.28. The summed E-state index contributed by atoms with van der Waals surface area (Å²) < 4.78 is 1.97. The molecule has 0 atom stereocenters. The second-order valence-electron chi connectivity index (χ2n) is 7.02. The number of nitrogens with zero attached hydrogens (tertiary/aromatic N) is 4. The lowest BCUT2D eigenvalue weighted by Gasteiger charge is -2.35. The third-order valence-corrected chi connectivity index (χ3v) is 5.33. The third-order valence-electron chi connectivity index (χ3n) is 5.33. The molecule has 0 saturated carbocycles. The summed E-state index contributed by atoms with van der Waals surface area (Å²) in [5, 5.41) is 4.37. The van der Waals surface area contributed by atoms with Gasteiger partial charge < -0.3 is 9.80 Å². The zero-order valence-electron chi connectivity index (χ0n) is 14.9. The summed E-state index contributed by atoms with van der Waals surface area (Å²) in [6, 6.07) is 9.80. The number of amides is 2. The van der Waals surface area contributed by atoms with Crippen LogP contribution in [-0.2, 0) is 24.2 Å². The van der Waals surface area contributed by atoms with Crippen LogP contribution in [0.5, 0.6) is 0 Å². The molecule has 4 rings (SSSR count). The summed E-state index contributed by atoms with van der Waals surface area (Å²) in [4.78, 5) is 29.1. The fourth-order valence-corrected chi connectivity index (χ4v) is 3.81. The Labute approximate surface area is 153 Å². The number of rotatable bonds is 3. The molecule has 0 spiro atoms. The summed E-state index contributed by atoms with van der Waals surface area (Å²) in [6.45, 7) is 3.28. The SMILES string of the molecule is O=C(Cc1ccccc1)N1CCN(C(=O)c2cnn3c2CCCC3)CC1. The van der Waals surface area contributed by atoms with E-state index in [0.29, 0.717) is 32.6 Å². The van der Waals surface area contributed by atoms with Crippen molar-refractivity contribution in [1.82, 2.24) is 19.6 Å². The van der Waals surface area contributed by atoms with E-state index >= 15 is 0 Å². The first-order chi connectivity index (χ1) is 12.7. The summed E-state index contributed by atoms with van der Waals surface area (Å²) >= 11 is 0. The smallest absolute Gasteiger partial charge is 0.257 e. The minimum Gasteiger partial charge on any atom is -0.339 e. The van der Waals surface area contributed by atoms with Crippen LogP contribution < -0.4 is 0 Å². The quantitative estimate of drug-likeness (QED) is 0.846. The van der Waals surface area contributed by atoms with Crippen molar-refractivity contribution in [2.24, 2.45) is 0 Å². The Kier molecular flexibility index (Phi) is 4.73. The molecule has 0 radical (unpaired) electrons. The van der Waals surface area contributed by atoms with Gasteiger partial charge in [-0.05, 0) is 24.8 Å². The number of benzene rings is 1. The number of aromatic nitrogens is 2. The summed E-state index contributed by atoms with van der Waals surface area (Å²) in [5.74, 6) is 0.189. The van der Waals surface area contributed by atoms with E-state index in [-0.39, 0.29) is 11.8 Å². The molecule has 1 aromatic heterocycles. The molecule has 2 amide bonds. The monoisotopic (exact) mass is 352 g/mol. The van der Waals surface area contributed by atoms with Crippen LogP contribution in [0.25, 0.3) is 0 Å². The Bertz CT molecular complexity index is 791. The van der Waals surface area contributed by atoms with Gasteiger partial charge in [0.1, 0.15) is 0 Å². The normalized spacial score (nSPS) is 17.1. The van der Waals surface area contributed by atoms with E-state index in [2.05, 4.69) is 5.10 Å². The Balaban J connectivity index is 1.35. The molecule has 2 aliphatic heterocycles. The van der Waals surface area contributed by atoms with Crippen molar-refractivity contribution in [3.8, 4) is 0 Å². The predicted octanol–water partition coefficient (Wildman–Crippen LogP) is 1.75. The van der Waals surface area contributed by atoms with Crippen molar-refractivity contribution in [1.29, 1.82) is 0 Å². The molecule has 26 heavy (non-hydrogen) atoms. The van der Waals surface area contributed by atoms with Crippen LogP contribution in [0.3, 0.4) is 0 Å². The first kappa shape index (κ1) is 16.8. The Morgan fingerprint density at radius 3 is 2.42 bits per heavy atom. The second kappa shape index (κ2) is 7.32. The maximum atomic E-state index is 12.9. The van der Waals surface area contributed by atoms with E-state index in [0.717, 1.165) is 42.6 Å². The van der Waals surface area contributed by atoms with Crippen molar-refractivity contribution in [2.75, 3.05) is 26.2 Å². The maximum absolute atomic E-state index is 12.9. The van der Waals surface area contributed by atoms with Gasteiger partial charge >= 0.3 is 0 Å². The van der Waals surface area contributed by atoms with E-state index in [1.165, 1.54) is 0 Å². The standard InChI is InChI=1S/C20H24N4O2/c25-19(14-16-6-2-1-3-7-16)22-10-12-23(13-11-22)20(26)17-15-21-24-9-5-4-8-18(17)24/h1-3,6-7,15H,4-5,8-14H2. The van der Waals surface area contributed by atoms with Crippen molar-refractivity contribution in [3.05, 3.63) is 53.3 Å². The number of carbonyl (C=O) groups excluding carboxylic acids is 2. The zero-order valence-corrected chi connectivity index (χ0v) is 14.9. The van der Waals surface area contributed by atoms with Gasteiger partial charge in [0.05, 0.1) is 23.9 Å². The number of carbonyl (C=O) groups is 2. The summed E-state index contributed by atoms with van der Waals surface area (Å²) in [5.41, 5.74) is 2.85. The molecule has 0 unspecified atom stereocenters. The van der Waals surface area contributed by atoms with E-state index in [1.54, 1.807) is 6.20 Å². The lowest BCUT2D eigenvalue weighted by molar-refractivity contribution is -0.131. The van der Waals surface area contributed by atoms with E-state index < -0.39 is 0 Å². The Morgan fingerprint density at radius 2 is 1.65 bits per heavy atom. The third kappa shape index (κ3) is 3.36. The molecule has 0 bridgehead atoms. The Hall–Kier alpha value is -2.63. The molecule has 2 aliphatic rings. The van der Waals surface area contributed by atoms with Crippen molar-refractivity contribution >= 4 is 11.8 Å². The van der Waals surface area contributed by atoms with Crippen LogP contribution in [0.1, 0.15) is 34.5 Å². The van der Waals surface area contributed by atoms with Gasteiger partial charge in [-0.2, -0.15) is 5.10 Å². The minimum atomic E-state index is 0.0586. The van der Waals surface area contributed by atoms with Crippen molar-refractivity contribution in [2.45, 2.75) is 32.2 Å². The highest BCUT2D eigenvalue weighted by molar-refractivity contribution is 5.95. The van der Waals surface area contributed by atoms with Gasteiger partial charge in [0.2, 0.25) is 5.91 Å². The average molecular weight is 352 g/mol. The lowest BCUT2D eigenvalue weighted by atomic mass is 10.1. The molecule has 3 heterocycles. The molecule has 2 aromatic rings. The molecule has 6 heteroatoms. The average Bonchev–Trinajstić information content (AvgIpc) is 3.12. The molecular weight excluding hydrogens is 328 g/mol. The maximum Gasteiger partial charge on any atom is 0.257 e. The molecule has 1 fully saturated rings. The number of hydrogen-bond donors (Lipinski definition) is 0. The molecule has 1 aromatic carbocycles. The largest absolute Gasteiger partial charge is 0.339 e. The van der Waals surface area contributed by atoms with E-state index in [9.17, 15) is 9.59 Å². The van der Waals surface area contributed by atoms with E-state index in [1.807, 2.05) is 44.8 Å². The highest BCUT2D eigenvalue weighted by Crippen LogP contribution is 2.20. The minimum absolute atomic E-state index is 0.0586. The molecular formula is C20H24N4O2. The molecule has 0 aliphatic carbocycles. The molecule has 6 nitrogen and oxygen atoms in total. The van der Waals surface area contributed by atoms with Gasteiger partial charge in [0.25, 0.3) is 5.91 Å². The van der Waals surface area contributed by atoms with Gasteiger partial charge in [-0.25, -0.2) is 0 Å². The first-order valence-corrected chi connectivity index (χ1v) is 9.38. The topological polar surface area (TPSA) is 58.4 Å². The first-order valence-electron chi connectivity index (χ1n) is 9.38. The van der Waals surface area contributed by atoms with Crippen molar-refractivity contribution < 1.29 is 9.59 Å². The Morgan fingerprint density at radius 1 is 0.923 bits per heavy atom. The fourth-order valence-electron chi connectivity index (χ4n) is 3.81. The lowest BCUT2D eigenvalue weighted by Crippen LogP contribution is -2.51. The number of fused-ring (bicyclic) bond motifs is 1. The fraction of sp³-hybridized carbons (Fsp3) is 0.450. The van der Waals surface area contributed by atoms with Gasteiger partial charge in [0.15, 0.2) is 0 Å². The zero-order chi connectivity index (χ0) is 17.9. The van der Waals surface area contributed by atoms with Crippen LogP contribution in [-0.4, -0.2) is 57.6 Å². The van der Waals surface area contributed by atoms with Crippen molar-refractivity contribution in [3.63, 3.8) is 0 Å². The summed E-state index contributed by atoms with van der Waals surface area (Å²) in [7, 11) is 0. The van der Waals surface area contributed by atoms with Crippen LogP contribution in [0, 0.1) is 0 Å². The van der Waals surface area contributed by atoms with Crippen LogP contribution in [0.15, 0.2) is 36.5 Å². The number of aryl methyl sites for hydroxylation is 1. The second-order valence-corrected chi connectivity index (χ2v) is 7.02.